The number of carbonyl (C=O) groups excluding carboxylic acids is 1. The quantitative estimate of drug-likeness (QED) is 0.268. The van der Waals surface area contributed by atoms with E-state index in [-0.39, 0.29) is 0 Å². The van der Waals surface area contributed by atoms with Crippen molar-refractivity contribution in [1.29, 1.82) is 0 Å². The average Bonchev–Trinajstić information content (AvgIpc) is 1.19. The van der Waals surface area contributed by atoms with Crippen molar-refractivity contribution < 1.29 is 22.1 Å². The second-order valence-electron chi connectivity index (χ2n) is 0.920. The molecule has 0 aliphatic rings. The molecule has 0 rings (SSSR count). The summed E-state index contributed by atoms with van der Waals surface area (Å²) < 4.78 is 39.0. The lowest BCUT2D eigenvalue weighted by Gasteiger charge is -1.94. The SMILES string of the molecule is F[B-](F)(F)F.NC(N)=[OH+]. The highest BCUT2D eigenvalue weighted by atomic mass is 19.5. The normalized spacial score (nSPS) is 9.33. The molecule has 0 bridgehead atoms. The molecule has 0 saturated heterocycles. The van der Waals surface area contributed by atoms with Gasteiger partial charge in [-0.15, -0.1) is 0 Å². The van der Waals surface area contributed by atoms with E-state index in [1.165, 1.54) is 0 Å². The second-order valence-corrected chi connectivity index (χ2v) is 0.920. The molecule has 0 spiro atoms. The maximum Gasteiger partial charge on any atom is 0.673 e. The van der Waals surface area contributed by atoms with Crippen LogP contribution in [0.15, 0.2) is 0 Å². The predicted molar refractivity (Wildman–Crippen MR) is 25.5 cm³/mol. The van der Waals surface area contributed by atoms with Gasteiger partial charge in [0.05, 0.1) is 0 Å². The molecule has 8 heteroatoms. The van der Waals surface area contributed by atoms with Gasteiger partial charge in [-0.3, -0.25) is 0 Å². The average molecular weight is 148 g/mol. The van der Waals surface area contributed by atoms with Crippen LogP contribution < -0.4 is 11.5 Å². The minimum atomic E-state index is -6.00. The zero-order chi connectivity index (χ0) is 8.08. The van der Waals surface area contributed by atoms with Crippen LogP contribution in [0.3, 0.4) is 0 Å². The van der Waals surface area contributed by atoms with Crippen molar-refractivity contribution in [1.82, 2.24) is 0 Å². The Labute approximate surface area is 48.1 Å². The van der Waals surface area contributed by atoms with Gasteiger partial charge >= 0.3 is 13.3 Å². The summed E-state index contributed by atoms with van der Waals surface area (Å²) in [5.74, 6) is 0. The molecule has 0 atom stereocenters. The fourth-order valence-electron chi connectivity index (χ4n) is 0. The molecule has 0 unspecified atom stereocenters. The molecule has 0 aliphatic heterocycles. The molecule has 3 nitrogen and oxygen atoms in total. The molecule has 0 aromatic rings. The minimum Gasteiger partial charge on any atom is -0.418 e. The zero-order valence-electron chi connectivity index (χ0n) is 4.19. The summed E-state index contributed by atoms with van der Waals surface area (Å²) in [6.45, 7) is 0. The van der Waals surface area contributed by atoms with Crippen molar-refractivity contribution in [3.63, 3.8) is 0 Å². The van der Waals surface area contributed by atoms with E-state index >= 15 is 0 Å². The lowest BCUT2D eigenvalue weighted by molar-refractivity contribution is 0.368. The van der Waals surface area contributed by atoms with Gasteiger partial charge in [-0.25, -0.2) is 4.79 Å². The van der Waals surface area contributed by atoms with Crippen LogP contribution in [0.1, 0.15) is 0 Å². The van der Waals surface area contributed by atoms with Gasteiger partial charge in [0.2, 0.25) is 0 Å². The number of hydrogen-bond acceptors (Lipinski definition) is 0. The van der Waals surface area contributed by atoms with E-state index in [1.807, 2.05) is 0 Å². The standard InChI is InChI=1S/CH4N2O.BF4/c2-1(3)4;2-1(3,4)5/h(H4,2,3,4);/q;-1/p+1. The summed E-state index contributed by atoms with van der Waals surface area (Å²) in [5, 5.41) is 0. The largest absolute Gasteiger partial charge is 0.673 e. The Morgan fingerprint density at radius 2 is 1.11 bits per heavy atom. The first-order valence-electron chi connectivity index (χ1n) is 1.67. The molecule has 0 aromatic carbocycles. The number of urea groups is 1. The highest BCUT2D eigenvalue weighted by Crippen LogP contribution is 2.06. The first-order valence-corrected chi connectivity index (χ1v) is 1.67. The van der Waals surface area contributed by atoms with Gasteiger partial charge in [-0.1, -0.05) is 0 Å². The van der Waals surface area contributed by atoms with E-state index < -0.39 is 13.3 Å². The molecule has 2 amide bonds. The molecule has 56 valence electrons. The molecular weight excluding hydrogens is 143 g/mol. The minimum absolute atomic E-state index is 0.583. The van der Waals surface area contributed by atoms with Crippen LogP contribution >= 0.6 is 0 Å². The van der Waals surface area contributed by atoms with Crippen LogP contribution in [0, 0.1) is 0 Å². The van der Waals surface area contributed by atoms with Gasteiger partial charge in [-0.05, 0) is 0 Å². The van der Waals surface area contributed by atoms with Crippen molar-refractivity contribution in [2.45, 2.75) is 0 Å². The van der Waals surface area contributed by atoms with Gasteiger partial charge in [0.1, 0.15) is 0 Å². The van der Waals surface area contributed by atoms with Crippen molar-refractivity contribution >= 4 is 13.3 Å². The van der Waals surface area contributed by atoms with Crippen molar-refractivity contribution in [2.24, 2.45) is 11.5 Å². The van der Waals surface area contributed by atoms with Crippen LogP contribution in [0.4, 0.5) is 17.3 Å². The van der Waals surface area contributed by atoms with Crippen LogP contribution in [-0.2, 0) is 0 Å². The Kier molecular flexibility index (Phi) is 4.84. The third-order valence-electron chi connectivity index (χ3n) is 0. The molecule has 9 heavy (non-hydrogen) atoms. The summed E-state index contributed by atoms with van der Waals surface area (Å²) in [4.78, 5) is 7.53. The highest BCUT2D eigenvalue weighted by molar-refractivity contribution is 6.50. The molecule has 0 saturated carbocycles. The van der Waals surface area contributed by atoms with Crippen LogP contribution in [-0.4, -0.2) is 18.1 Å². The molecule has 0 fully saturated rings. The number of halogens is 4. The summed E-state index contributed by atoms with van der Waals surface area (Å²) in [7, 11) is -6.00. The highest BCUT2D eigenvalue weighted by Gasteiger charge is 2.20. The van der Waals surface area contributed by atoms with Gasteiger partial charge in [0, 0.05) is 0 Å². The Hall–Kier alpha value is -0.945. The molecule has 0 aromatic heterocycles. The maximum absolute atomic E-state index is 9.75. The van der Waals surface area contributed by atoms with E-state index in [4.69, 9.17) is 4.79 Å². The first-order chi connectivity index (χ1) is 3.73. The number of amides is 2. The van der Waals surface area contributed by atoms with Crippen LogP contribution in [0.5, 0.6) is 0 Å². The summed E-state index contributed by atoms with van der Waals surface area (Å²) in [6.07, 6.45) is 0. The Bertz CT molecular complexity index is 81.1. The number of rotatable bonds is 0. The molecule has 0 aliphatic carbocycles. The monoisotopic (exact) mass is 148 g/mol. The van der Waals surface area contributed by atoms with E-state index in [0.717, 1.165) is 0 Å². The topological polar surface area (TPSA) is 73.4 Å². The summed E-state index contributed by atoms with van der Waals surface area (Å²) >= 11 is 0. The Morgan fingerprint density at radius 3 is 1.11 bits per heavy atom. The first kappa shape index (κ1) is 10.9. The molecular formula is CH5BF4N2O. The van der Waals surface area contributed by atoms with Crippen molar-refractivity contribution in [3.05, 3.63) is 0 Å². The predicted octanol–water partition coefficient (Wildman–Crippen LogP) is -0.336. The molecule has 0 heterocycles. The van der Waals surface area contributed by atoms with Gasteiger partial charge in [0.15, 0.2) is 0 Å². The summed E-state index contributed by atoms with van der Waals surface area (Å²) in [5.41, 5.74) is 8.72. The maximum atomic E-state index is 9.75. The molecule has 0 radical (unpaired) electrons. The number of nitrogens with two attached hydrogens (primary N) is 2. The lowest BCUT2D eigenvalue weighted by Crippen LogP contribution is -2.21. The second kappa shape index (κ2) is 3.99. The van der Waals surface area contributed by atoms with E-state index in [2.05, 4.69) is 11.5 Å². The lowest BCUT2D eigenvalue weighted by atomic mass is 10.3. The fraction of sp³-hybridized carbons (Fsp3) is 0. The Morgan fingerprint density at radius 1 is 1.11 bits per heavy atom. The summed E-state index contributed by atoms with van der Waals surface area (Å²) in [6, 6.07) is -0.583. The zero-order valence-corrected chi connectivity index (χ0v) is 4.19. The van der Waals surface area contributed by atoms with E-state index in [9.17, 15) is 17.3 Å². The van der Waals surface area contributed by atoms with Gasteiger partial charge in [0.25, 0.3) is 0 Å². The van der Waals surface area contributed by atoms with Crippen molar-refractivity contribution in [3.8, 4) is 0 Å². The van der Waals surface area contributed by atoms with Crippen molar-refractivity contribution in [2.75, 3.05) is 0 Å². The fourth-order valence-corrected chi connectivity index (χ4v) is 0. The van der Waals surface area contributed by atoms with Gasteiger partial charge in [-0.2, -0.15) is 0 Å². The van der Waals surface area contributed by atoms with Crippen LogP contribution in [0.2, 0.25) is 0 Å². The van der Waals surface area contributed by atoms with Gasteiger partial charge < -0.3 is 28.7 Å². The third-order valence-corrected chi connectivity index (χ3v) is 0. The molecule has 5 N–H and O–H groups in total. The van der Waals surface area contributed by atoms with Crippen LogP contribution in [0.25, 0.3) is 0 Å². The third kappa shape index (κ3) is 202. The van der Waals surface area contributed by atoms with E-state index in [0.29, 0.717) is 0 Å². The van der Waals surface area contributed by atoms with E-state index in [1.54, 1.807) is 0 Å². The Balaban J connectivity index is 0. The smallest absolute Gasteiger partial charge is 0.418 e. The number of hydrogen-bond donors (Lipinski definition) is 2. The number of primary amides is 2.